The quantitative estimate of drug-likeness (QED) is 0.832. The molecular weight excluding hydrogens is 234 g/mol. The van der Waals surface area contributed by atoms with E-state index in [1.54, 1.807) is 0 Å². The van der Waals surface area contributed by atoms with Gasteiger partial charge in [0, 0.05) is 13.1 Å². The average molecular weight is 255 g/mol. The van der Waals surface area contributed by atoms with Crippen LogP contribution in [-0.2, 0) is 11.2 Å². The van der Waals surface area contributed by atoms with E-state index in [0.717, 1.165) is 26.3 Å². The summed E-state index contributed by atoms with van der Waals surface area (Å²) in [6.45, 7) is 5.18. The molecule has 3 rings (SSSR count). The molecule has 0 bridgehead atoms. The molecule has 2 aromatic rings. The zero-order valence-electron chi connectivity index (χ0n) is 11.3. The van der Waals surface area contributed by atoms with Crippen molar-refractivity contribution in [1.29, 1.82) is 0 Å². The number of hydrogen-bond donors (Lipinski definition) is 0. The lowest BCUT2D eigenvalue weighted by Crippen LogP contribution is -2.36. The van der Waals surface area contributed by atoms with Crippen molar-refractivity contribution in [3.05, 3.63) is 48.0 Å². The maximum absolute atomic E-state index is 5.37. The highest BCUT2D eigenvalue weighted by atomic mass is 16.5. The van der Waals surface area contributed by atoms with Gasteiger partial charge in [-0.15, -0.1) is 0 Å². The highest BCUT2D eigenvalue weighted by Gasteiger charge is 2.09. The Bertz CT molecular complexity index is 532. The molecule has 1 heterocycles. The first-order chi connectivity index (χ1) is 9.42. The van der Waals surface area contributed by atoms with E-state index < -0.39 is 0 Å². The molecule has 100 valence electrons. The fourth-order valence-electron chi connectivity index (χ4n) is 2.73. The minimum atomic E-state index is 0.899. The molecule has 2 aromatic carbocycles. The Hall–Kier alpha value is -1.38. The number of ether oxygens (including phenoxy) is 1. The van der Waals surface area contributed by atoms with Crippen molar-refractivity contribution in [3.63, 3.8) is 0 Å². The molecule has 0 N–H and O–H groups in total. The first-order valence-corrected chi connectivity index (χ1v) is 7.19. The second kappa shape index (κ2) is 6.18. The Morgan fingerprint density at radius 2 is 1.74 bits per heavy atom. The van der Waals surface area contributed by atoms with Crippen LogP contribution in [0.4, 0.5) is 0 Å². The summed E-state index contributed by atoms with van der Waals surface area (Å²) in [7, 11) is 0. The fourth-order valence-corrected chi connectivity index (χ4v) is 2.73. The molecule has 19 heavy (non-hydrogen) atoms. The van der Waals surface area contributed by atoms with Gasteiger partial charge in [0.05, 0.1) is 13.2 Å². The van der Waals surface area contributed by atoms with Crippen molar-refractivity contribution in [2.75, 3.05) is 32.8 Å². The van der Waals surface area contributed by atoms with E-state index in [4.69, 9.17) is 4.74 Å². The molecule has 1 saturated heterocycles. The van der Waals surface area contributed by atoms with Crippen LogP contribution in [0, 0.1) is 0 Å². The first kappa shape index (κ1) is 12.6. The molecule has 1 aliphatic rings. The summed E-state index contributed by atoms with van der Waals surface area (Å²) in [6.07, 6.45) is 2.40. The third-order valence-electron chi connectivity index (χ3n) is 3.86. The summed E-state index contributed by atoms with van der Waals surface area (Å²) in [5.74, 6) is 0. The van der Waals surface area contributed by atoms with Gasteiger partial charge in [-0.2, -0.15) is 0 Å². The number of fused-ring (bicyclic) bond motifs is 1. The molecule has 1 fully saturated rings. The minimum Gasteiger partial charge on any atom is -0.379 e. The van der Waals surface area contributed by atoms with Gasteiger partial charge >= 0.3 is 0 Å². The fraction of sp³-hybridized carbons (Fsp3) is 0.412. The van der Waals surface area contributed by atoms with E-state index in [2.05, 4.69) is 47.4 Å². The molecule has 0 saturated carbocycles. The van der Waals surface area contributed by atoms with E-state index in [9.17, 15) is 0 Å². The van der Waals surface area contributed by atoms with Crippen LogP contribution in [0.15, 0.2) is 42.5 Å². The summed E-state index contributed by atoms with van der Waals surface area (Å²) in [6, 6.07) is 15.4. The number of hydrogen-bond acceptors (Lipinski definition) is 2. The van der Waals surface area contributed by atoms with Crippen LogP contribution < -0.4 is 0 Å². The number of rotatable bonds is 4. The zero-order valence-corrected chi connectivity index (χ0v) is 11.3. The van der Waals surface area contributed by atoms with Crippen molar-refractivity contribution in [2.45, 2.75) is 12.8 Å². The molecule has 0 unspecified atom stereocenters. The van der Waals surface area contributed by atoms with E-state index in [0.29, 0.717) is 0 Å². The third-order valence-corrected chi connectivity index (χ3v) is 3.86. The second-order valence-electron chi connectivity index (χ2n) is 5.24. The molecule has 1 aliphatic heterocycles. The van der Waals surface area contributed by atoms with Crippen LogP contribution in [0.2, 0.25) is 0 Å². The first-order valence-electron chi connectivity index (χ1n) is 7.19. The molecule has 0 amide bonds. The normalized spacial score (nSPS) is 16.8. The van der Waals surface area contributed by atoms with Gasteiger partial charge in [-0.05, 0) is 35.7 Å². The summed E-state index contributed by atoms with van der Waals surface area (Å²) >= 11 is 0. The van der Waals surface area contributed by atoms with Gasteiger partial charge in [-0.25, -0.2) is 0 Å². The third kappa shape index (κ3) is 3.34. The van der Waals surface area contributed by atoms with E-state index in [1.165, 1.54) is 35.7 Å². The van der Waals surface area contributed by atoms with Gasteiger partial charge < -0.3 is 4.74 Å². The van der Waals surface area contributed by atoms with Crippen molar-refractivity contribution >= 4 is 10.8 Å². The molecule has 0 aromatic heterocycles. The van der Waals surface area contributed by atoms with Crippen molar-refractivity contribution in [3.8, 4) is 0 Å². The molecule has 0 atom stereocenters. The standard InChI is InChI=1S/C17H21NO/c1-2-6-17-14-15(7-8-16(17)5-1)4-3-9-18-10-12-19-13-11-18/h1-2,5-8,14H,3-4,9-13H2. The van der Waals surface area contributed by atoms with Gasteiger partial charge in [0.2, 0.25) is 0 Å². The van der Waals surface area contributed by atoms with Crippen molar-refractivity contribution in [1.82, 2.24) is 4.90 Å². The maximum atomic E-state index is 5.37. The van der Waals surface area contributed by atoms with E-state index >= 15 is 0 Å². The largest absolute Gasteiger partial charge is 0.379 e. The Morgan fingerprint density at radius 1 is 0.947 bits per heavy atom. The molecule has 2 heteroatoms. The van der Waals surface area contributed by atoms with Gasteiger partial charge in [-0.3, -0.25) is 4.90 Å². The van der Waals surface area contributed by atoms with Crippen molar-refractivity contribution in [2.24, 2.45) is 0 Å². The summed E-state index contributed by atoms with van der Waals surface area (Å²) in [5, 5.41) is 2.69. The zero-order chi connectivity index (χ0) is 12.9. The van der Waals surface area contributed by atoms with Gasteiger partial charge in [0.15, 0.2) is 0 Å². The molecular formula is C17H21NO. The van der Waals surface area contributed by atoms with Crippen LogP contribution in [0.5, 0.6) is 0 Å². The van der Waals surface area contributed by atoms with Gasteiger partial charge in [0.25, 0.3) is 0 Å². The Morgan fingerprint density at radius 3 is 2.58 bits per heavy atom. The number of morpholine rings is 1. The lowest BCUT2D eigenvalue weighted by molar-refractivity contribution is 0.0375. The van der Waals surface area contributed by atoms with Crippen molar-refractivity contribution < 1.29 is 4.74 Å². The Labute approximate surface area is 115 Å². The number of benzene rings is 2. The molecule has 2 nitrogen and oxygen atoms in total. The monoisotopic (exact) mass is 255 g/mol. The number of nitrogens with zero attached hydrogens (tertiary/aromatic N) is 1. The predicted octanol–water partition coefficient (Wildman–Crippen LogP) is 3.10. The van der Waals surface area contributed by atoms with Crippen LogP contribution in [0.25, 0.3) is 10.8 Å². The average Bonchev–Trinajstić information content (AvgIpc) is 2.48. The SMILES string of the molecule is c1ccc2cc(CCCN3CCOCC3)ccc2c1. The lowest BCUT2D eigenvalue weighted by atomic mass is 10.0. The highest BCUT2D eigenvalue weighted by Crippen LogP contribution is 2.16. The van der Waals surface area contributed by atoms with Crippen LogP contribution in [0.3, 0.4) is 0 Å². The van der Waals surface area contributed by atoms with Crippen LogP contribution >= 0.6 is 0 Å². The second-order valence-corrected chi connectivity index (χ2v) is 5.24. The molecule has 0 radical (unpaired) electrons. The molecule has 0 spiro atoms. The summed E-state index contributed by atoms with van der Waals surface area (Å²) < 4.78 is 5.37. The van der Waals surface area contributed by atoms with Gasteiger partial charge in [0.1, 0.15) is 0 Å². The Balaban J connectivity index is 1.56. The summed E-state index contributed by atoms with van der Waals surface area (Å²) in [5.41, 5.74) is 1.45. The topological polar surface area (TPSA) is 12.5 Å². The summed E-state index contributed by atoms with van der Waals surface area (Å²) in [4.78, 5) is 2.50. The van der Waals surface area contributed by atoms with Gasteiger partial charge in [-0.1, -0.05) is 42.5 Å². The molecule has 0 aliphatic carbocycles. The number of aryl methyl sites for hydroxylation is 1. The predicted molar refractivity (Wildman–Crippen MR) is 79.5 cm³/mol. The highest BCUT2D eigenvalue weighted by molar-refractivity contribution is 5.82. The van der Waals surface area contributed by atoms with E-state index in [-0.39, 0.29) is 0 Å². The Kier molecular flexibility index (Phi) is 4.11. The smallest absolute Gasteiger partial charge is 0.0594 e. The maximum Gasteiger partial charge on any atom is 0.0594 e. The van der Waals surface area contributed by atoms with Crippen LogP contribution in [-0.4, -0.2) is 37.7 Å². The van der Waals surface area contributed by atoms with E-state index in [1.807, 2.05) is 0 Å². The minimum absolute atomic E-state index is 0.899. The van der Waals surface area contributed by atoms with Crippen LogP contribution in [0.1, 0.15) is 12.0 Å². The lowest BCUT2D eigenvalue weighted by Gasteiger charge is -2.26.